The van der Waals surface area contributed by atoms with Crippen LogP contribution in [-0.4, -0.2) is 7.11 Å². The molecule has 2 rings (SSSR count). The molecular formula is C16H18ClNO2. The van der Waals surface area contributed by atoms with Crippen molar-refractivity contribution < 1.29 is 9.47 Å². The summed E-state index contributed by atoms with van der Waals surface area (Å²) in [6.07, 6.45) is 0.873. The third kappa shape index (κ3) is 3.36. The van der Waals surface area contributed by atoms with Crippen LogP contribution in [0.2, 0.25) is 5.02 Å². The zero-order valence-electron chi connectivity index (χ0n) is 11.7. The number of rotatable bonds is 5. The first-order chi connectivity index (χ1) is 9.63. The molecule has 0 unspecified atom stereocenters. The summed E-state index contributed by atoms with van der Waals surface area (Å²) in [7, 11) is 1.63. The summed E-state index contributed by atoms with van der Waals surface area (Å²) in [5.74, 6) is 1.56. The zero-order chi connectivity index (χ0) is 14.5. The van der Waals surface area contributed by atoms with Crippen molar-refractivity contribution in [1.29, 1.82) is 0 Å². The predicted octanol–water partition coefficient (Wildman–Crippen LogP) is 4.07. The van der Waals surface area contributed by atoms with E-state index in [1.54, 1.807) is 13.2 Å². The molecule has 106 valence electrons. The van der Waals surface area contributed by atoms with E-state index in [2.05, 4.69) is 6.92 Å². The first kappa shape index (κ1) is 14.5. The summed E-state index contributed by atoms with van der Waals surface area (Å²) in [5, 5.41) is 0.765. The monoisotopic (exact) mass is 291 g/mol. The van der Waals surface area contributed by atoms with Crippen molar-refractivity contribution in [3.8, 4) is 11.5 Å². The van der Waals surface area contributed by atoms with E-state index >= 15 is 0 Å². The Kier molecular flexibility index (Phi) is 4.74. The Labute approximate surface area is 124 Å². The second-order valence-corrected chi connectivity index (χ2v) is 4.87. The minimum absolute atomic E-state index is 0.402. The first-order valence-electron chi connectivity index (χ1n) is 6.47. The highest BCUT2D eigenvalue weighted by molar-refractivity contribution is 6.31. The van der Waals surface area contributed by atoms with Crippen LogP contribution in [0.15, 0.2) is 36.4 Å². The van der Waals surface area contributed by atoms with Gasteiger partial charge in [0.05, 0.1) is 7.11 Å². The van der Waals surface area contributed by atoms with Gasteiger partial charge in [-0.3, -0.25) is 0 Å². The van der Waals surface area contributed by atoms with Gasteiger partial charge < -0.3 is 15.2 Å². The van der Waals surface area contributed by atoms with E-state index in [1.165, 1.54) is 0 Å². The number of benzene rings is 2. The molecule has 0 saturated heterocycles. The molecule has 0 heterocycles. The second-order valence-electron chi connectivity index (χ2n) is 4.47. The summed E-state index contributed by atoms with van der Waals surface area (Å²) < 4.78 is 11.1. The van der Waals surface area contributed by atoms with Crippen LogP contribution in [0, 0.1) is 0 Å². The highest BCUT2D eigenvalue weighted by Crippen LogP contribution is 2.26. The van der Waals surface area contributed by atoms with E-state index in [-0.39, 0.29) is 0 Å². The molecule has 0 amide bonds. The number of aryl methyl sites for hydroxylation is 1. The minimum atomic E-state index is 0.402. The Morgan fingerprint density at radius 2 is 1.90 bits per heavy atom. The molecule has 0 atom stereocenters. The van der Waals surface area contributed by atoms with Gasteiger partial charge in [0, 0.05) is 16.3 Å². The average molecular weight is 292 g/mol. The third-order valence-electron chi connectivity index (χ3n) is 3.10. The molecule has 0 saturated carbocycles. The lowest BCUT2D eigenvalue weighted by atomic mass is 10.1. The van der Waals surface area contributed by atoms with Gasteiger partial charge >= 0.3 is 0 Å². The number of hydrogen-bond acceptors (Lipinski definition) is 3. The number of anilines is 1. The van der Waals surface area contributed by atoms with Crippen LogP contribution in [0.3, 0.4) is 0 Å². The van der Waals surface area contributed by atoms with Gasteiger partial charge in [-0.15, -0.1) is 0 Å². The second kappa shape index (κ2) is 6.53. The summed E-state index contributed by atoms with van der Waals surface area (Å²) in [4.78, 5) is 0. The maximum atomic E-state index is 6.09. The van der Waals surface area contributed by atoms with Crippen molar-refractivity contribution in [3.05, 3.63) is 52.5 Å². The predicted molar refractivity (Wildman–Crippen MR) is 82.6 cm³/mol. The van der Waals surface area contributed by atoms with Gasteiger partial charge in [-0.05, 0) is 48.4 Å². The van der Waals surface area contributed by atoms with Gasteiger partial charge in [0.25, 0.3) is 0 Å². The smallest absolute Gasteiger partial charge is 0.125 e. The highest BCUT2D eigenvalue weighted by atomic mass is 35.5. The summed E-state index contributed by atoms with van der Waals surface area (Å²) in [5.41, 5.74) is 8.47. The quantitative estimate of drug-likeness (QED) is 0.845. The largest absolute Gasteiger partial charge is 0.496 e. The van der Waals surface area contributed by atoms with E-state index in [0.717, 1.165) is 34.1 Å². The Balaban J connectivity index is 2.14. The molecule has 2 aromatic carbocycles. The van der Waals surface area contributed by atoms with Crippen LogP contribution < -0.4 is 15.2 Å². The number of nitrogen functional groups attached to an aromatic ring is 1. The fourth-order valence-electron chi connectivity index (χ4n) is 1.98. The van der Waals surface area contributed by atoms with Gasteiger partial charge in [-0.1, -0.05) is 18.5 Å². The van der Waals surface area contributed by atoms with Gasteiger partial charge in [-0.2, -0.15) is 0 Å². The van der Waals surface area contributed by atoms with Crippen LogP contribution in [0.5, 0.6) is 11.5 Å². The Bertz CT molecular complexity index is 599. The van der Waals surface area contributed by atoms with Crippen LogP contribution in [-0.2, 0) is 13.0 Å². The molecule has 2 aromatic rings. The SMILES string of the molecule is CCc1cc(OCc2cc(N)ccc2OC)ccc1Cl. The molecule has 0 aliphatic heterocycles. The standard InChI is InChI=1S/C16H18ClNO2/c1-3-11-9-14(5-6-15(11)17)20-10-12-8-13(18)4-7-16(12)19-2/h4-9H,3,10,18H2,1-2H3. The third-order valence-corrected chi connectivity index (χ3v) is 3.47. The molecule has 0 radical (unpaired) electrons. The summed E-state index contributed by atoms with van der Waals surface area (Å²) >= 11 is 6.09. The van der Waals surface area contributed by atoms with Crippen LogP contribution >= 0.6 is 11.6 Å². The number of methoxy groups -OCH3 is 1. The zero-order valence-corrected chi connectivity index (χ0v) is 12.4. The summed E-state index contributed by atoms with van der Waals surface area (Å²) in [6.45, 7) is 2.46. The molecule has 2 N–H and O–H groups in total. The molecule has 20 heavy (non-hydrogen) atoms. The van der Waals surface area contributed by atoms with Crippen LogP contribution in [0.4, 0.5) is 5.69 Å². The van der Waals surface area contributed by atoms with Gasteiger partial charge in [0.15, 0.2) is 0 Å². The minimum Gasteiger partial charge on any atom is -0.496 e. The van der Waals surface area contributed by atoms with Crippen molar-refractivity contribution in [2.24, 2.45) is 0 Å². The lowest BCUT2D eigenvalue weighted by Crippen LogP contribution is -2.00. The molecule has 4 heteroatoms. The molecule has 3 nitrogen and oxygen atoms in total. The Morgan fingerprint density at radius 1 is 1.10 bits per heavy atom. The molecule has 0 aromatic heterocycles. The van der Waals surface area contributed by atoms with E-state index in [0.29, 0.717) is 12.3 Å². The lowest BCUT2D eigenvalue weighted by molar-refractivity contribution is 0.296. The van der Waals surface area contributed by atoms with E-state index in [9.17, 15) is 0 Å². The lowest BCUT2D eigenvalue weighted by Gasteiger charge is -2.12. The number of nitrogens with two attached hydrogens (primary N) is 1. The fourth-order valence-corrected chi connectivity index (χ4v) is 2.24. The number of halogens is 1. The summed E-state index contributed by atoms with van der Waals surface area (Å²) in [6, 6.07) is 11.2. The van der Waals surface area contributed by atoms with Crippen molar-refractivity contribution in [1.82, 2.24) is 0 Å². The molecule has 0 fully saturated rings. The Morgan fingerprint density at radius 3 is 2.60 bits per heavy atom. The molecule has 0 aliphatic rings. The van der Waals surface area contributed by atoms with Crippen LogP contribution in [0.25, 0.3) is 0 Å². The topological polar surface area (TPSA) is 44.5 Å². The van der Waals surface area contributed by atoms with Crippen molar-refractivity contribution in [2.45, 2.75) is 20.0 Å². The van der Waals surface area contributed by atoms with E-state index in [1.807, 2.05) is 30.3 Å². The highest BCUT2D eigenvalue weighted by Gasteiger charge is 2.06. The molecule has 0 spiro atoms. The normalized spacial score (nSPS) is 10.3. The van der Waals surface area contributed by atoms with Gasteiger partial charge in [0.2, 0.25) is 0 Å². The van der Waals surface area contributed by atoms with Gasteiger partial charge in [-0.25, -0.2) is 0 Å². The maximum absolute atomic E-state index is 6.09. The average Bonchev–Trinajstić information content (AvgIpc) is 2.46. The van der Waals surface area contributed by atoms with Crippen molar-refractivity contribution in [3.63, 3.8) is 0 Å². The van der Waals surface area contributed by atoms with E-state index in [4.69, 9.17) is 26.8 Å². The van der Waals surface area contributed by atoms with E-state index < -0.39 is 0 Å². The fraction of sp³-hybridized carbons (Fsp3) is 0.250. The van der Waals surface area contributed by atoms with Crippen LogP contribution in [0.1, 0.15) is 18.1 Å². The molecular weight excluding hydrogens is 274 g/mol. The first-order valence-corrected chi connectivity index (χ1v) is 6.85. The number of ether oxygens (including phenoxy) is 2. The number of hydrogen-bond donors (Lipinski definition) is 1. The molecule has 0 aliphatic carbocycles. The molecule has 0 bridgehead atoms. The van der Waals surface area contributed by atoms with Gasteiger partial charge in [0.1, 0.15) is 18.1 Å². The Hall–Kier alpha value is -1.87. The van der Waals surface area contributed by atoms with Crippen molar-refractivity contribution in [2.75, 3.05) is 12.8 Å². The van der Waals surface area contributed by atoms with Crippen molar-refractivity contribution >= 4 is 17.3 Å². The maximum Gasteiger partial charge on any atom is 0.125 e.